The number of imidazole rings is 1. The number of carbonyl (C=O) groups excluding carboxylic acids is 1. The van der Waals surface area contributed by atoms with Crippen molar-refractivity contribution in [2.45, 2.75) is 38.8 Å². The number of nitrogens with zero attached hydrogens (tertiary/aromatic N) is 4. The van der Waals surface area contributed by atoms with Gasteiger partial charge in [0.05, 0.1) is 24.8 Å². The minimum Gasteiger partial charge on any atom is -0.495 e. The van der Waals surface area contributed by atoms with Crippen molar-refractivity contribution in [3.63, 3.8) is 0 Å². The fraction of sp³-hybridized carbons (Fsp3) is 0.357. The Labute approximate surface area is 209 Å². The normalized spacial score (nSPS) is 19.9. The van der Waals surface area contributed by atoms with E-state index in [2.05, 4.69) is 9.88 Å². The first kappa shape index (κ1) is 24.2. The molecule has 5 rings (SSSR count). The number of ether oxygens (including phenoxy) is 1. The van der Waals surface area contributed by atoms with Crippen LogP contribution in [0.25, 0.3) is 11.8 Å². The van der Waals surface area contributed by atoms with Crippen molar-refractivity contribution in [3.05, 3.63) is 83.0 Å². The number of aryl methyl sites for hydroxylation is 1. The van der Waals surface area contributed by atoms with Gasteiger partial charge in [-0.25, -0.2) is 13.8 Å². The average Bonchev–Trinajstić information content (AvgIpc) is 3.51. The molecule has 0 aliphatic carbocycles. The van der Waals surface area contributed by atoms with Crippen LogP contribution in [0.2, 0.25) is 0 Å². The summed E-state index contributed by atoms with van der Waals surface area (Å²) < 4.78 is 34.4. The molecule has 1 amide bonds. The number of piperidine rings is 1. The maximum absolute atomic E-state index is 13.6. The summed E-state index contributed by atoms with van der Waals surface area (Å²) in [6, 6.07) is 10.1. The van der Waals surface area contributed by atoms with Gasteiger partial charge >= 0.3 is 0 Å². The topological polar surface area (TPSA) is 50.6 Å². The first-order valence-corrected chi connectivity index (χ1v) is 12.3. The maximum atomic E-state index is 13.6. The number of amides is 1. The Hall–Kier alpha value is -3.52. The SMILES string of the molecule is COc1cc(/C=C2\CCCN([C@@H]3CCN(Cc4ccc(F)c(F)c4)C3)C2=O)ccc1-n1cnc(C)c1. The fourth-order valence-corrected chi connectivity index (χ4v) is 5.17. The van der Waals surface area contributed by atoms with Gasteiger partial charge in [0.2, 0.25) is 5.91 Å². The smallest absolute Gasteiger partial charge is 0.250 e. The molecule has 1 atom stereocenters. The third-order valence-corrected chi connectivity index (χ3v) is 6.99. The van der Waals surface area contributed by atoms with Crippen LogP contribution in [0, 0.1) is 18.6 Å². The highest BCUT2D eigenvalue weighted by Gasteiger charge is 2.34. The van der Waals surface area contributed by atoms with Crippen molar-refractivity contribution >= 4 is 12.0 Å². The number of hydrogen-bond donors (Lipinski definition) is 0. The van der Waals surface area contributed by atoms with Gasteiger partial charge in [0, 0.05) is 44.0 Å². The number of methoxy groups -OCH3 is 1. The average molecular weight is 493 g/mol. The molecular formula is C28H30F2N4O2. The highest BCUT2D eigenvalue weighted by atomic mass is 19.2. The molecule has 0 spiro atoms. The number of halogens is 2. The number of carbonyl (C=O) groups is 1. The molecule has 36 heavy (non-hydrogen) atoms. The molecule has 2 aliphatic heterocycles. The summed E-state index contributed by atoms with van der Waals surface area (Å²) in [6.07, 6.45) is 8.19. The molecule has 0 unspecified atom stereocenters. The van der Waals surface area contributed by atoms with Crippen LogP contribution in [-0.4, -0.2) is 58.0 Å². The number of hydrogen-bond acceptors (Lipinski definition) is 4. The van der Waals surface area contributed by atoms with Crippen LogP contribution in [-0.2, 0) is 11.3 Å². The van der Waals surface area contributed by atoms with Gasteiger partial charge in [0.15, 0.2) is 11.6 Å². The summed E-state index contributed by atoms with van der Waals surface area (Å²) in [5.74, 6) is -0.867. The van der Waals surface area contributed by atoms with Crippen molar-refractivity contribution in [2.75, 3.05) is 26.7 Å². The fourth-order valence-electron chi connectivity index (χ4n) is 5.17. The molecule has 3 heterocycles. The second kappa shape index (κ2) is 10.2. The van der Waals surface area contributed by atoms with E-state index in [4.69, 9.17) is 4.74 Å². The van der Waals surface area contributed by atoms with Crippen LogP contribution >= 0.6 is 0 Å². The van der Waals surface area contributed by atoms with Crippen LogP contribution < -0.4 is 4.74 Å². The van der Waals surface area contributed by atoms with E-state index in [1.54, 1.807) is 19.5 Å². The van der Waals surface area contributed by atoms with Gasteiger partial charge in [-0.2, -0.15) is 0 Å². The first-order chi connectivity index (χ1) is 17.4. The third-order valence-electron chi connectivity index (χ3n) is 6.99. The lowest BCUT2D eigenvalue weighted by Gasteiger charge is -2.34. The quantitative estimate of drug-likeness (QED) is 0.466. The third kappa shape index (κ3) is 5.04. The number of aromatic nitrogens is 2. The molecule has 6 nitrogen and oxygen atoms in total. The first-order valence-electron chi connectivity index (χ1n) is 12.3. The van der Waals surface area contributed by atoms with E-state index in [0.29, 0.717) is 12.3 Å². The number of rotatable bonds is 6. The lowest BCUT2D eigenvalue weighted by Crippen LogP contribution is -2.45. The van der Waals surface area contributed by atoms with Gasteiger partial charge in [-0.1, -0.05) is 12.1 Å². The molecule has 8 heteroatoms. The largest absolute Gasteiger partial charge is 0.495 e. The van der Waals surface area contributed by atoms with Crippen LogP contribution in [0.15, 0.2) is 54.5 Å². The molecule has 188 valence electrons. The zero-order valence-corrected chi connectivity index (χ0v) is 20.6. The number of likely N-dealkylation sites (tertiary alicyclic amines) is 2. The minimum absolute atomic E-state index is 0.0780. The Morgan fingerprint density at radius 1 is 1.14 bits per heavy atom. The van der Waals surface area contributed by atoms with E-state index in [0.717, 1.165) is 67.0 Å². The van der Waals surface area contributed by atoms with Crippen LogP contribution in [0.4, 0.5) is 8.78 Å². The second-order valence-electron chi connectivity index (χ2n) is 9.55. The maximum Gasteiger partial charge on any atom is 0.250 e. The van der Waals surface area contributed by atoms with Crippen molar-refractivity contribution in [3.8, 4) is 11.4 Å². The minimum atomic E-state index is -0.833. The zero-order chi connectivity index (χ0) is 25.2. The summed E-state index contributed by atoms with van der Waals surface area (Å²) >= 11 is 0. The molecule has 2 saturated heterocycles. The summed E-state index contributed by atoms with van der Waals surface area (Å²) in [6.45, 7) is 4.77. The lowest BCUT2D eigenvalue weighted by molar-refractivity contribution is -0.130. The molecular weight excluding hydrogens is 462 g/mol. The van der Waals surface area contributed by atoms with Crippen molar-refractivity contribution in [2.24, 2.45) is 0 Å². The summed E-state index contributed by atoms with van der Waals surface area (Å²) in [4.78, 5) is 21.9. The van der Waals surface area contributed by atoms with Gasteiger partial charge in [-0.05, 0) is 67.7 Å². The molecule has 1 aromatic heterocycles. The van der Waals surface area contributed by atoms with Crippen molar-refractivity contribution < 1.29 is 18.3 Å². The molecule has 0 N–H and O–H groups in total. The monoisotopic (exact) mass is 492 g/mol. The number of benzene rings is 2. The highest BCUT2D eigenvalue weighted by Crippen LogP contribution is 2.29. The Morgan fingerprint density at radius 3 is 2.75 bits per heavy atom. The van der Waals surface area contributed by atoms with Crippen LogP contribution in [0.1, 0.15) is 36.1 Å². The van der Waals surface area contributed by atoms with E-state index in [-0.39, 0.29) is 11.9 Å². The van der Waals surface area contributed by atoms with E-state index < -0.39 is 11.6 Å². The lowest BCUT2D eigenvalue weighted by atomic mass is 9.98. The molecule has 2 aliphatic rings. The molecule has 3 aromatic rings. The van der Waals surface area contributed by atoms with Gasteiger partial charge in [0.1, 0.15) is 5.75 Å². The Bertz CT molecular complexity index is 1300. The van der Waals surface area contributed by atoms with Crippen molar-refractivity contribution in [1.29, 1.82) is 0 Å². The zero-order valence-electron chi connectivity index (χ0n) is 20.6. The highest BCUT2D eigenvalue weighted by molar-refractivity contribution is 5.98. The predicted octanol–water partition coefficient (Wildman–Crippen LogP) is 4.75. The van der Waals surface area contributed by atoms with Crippen LogP contribution in [0.5, 0.6) is 5.75 Å². The summed E-state index contributed by atoms with van der Waals surface area (Å²) in [5.41, 5.74) is 4.27. The molecule has 2 aromatic carbocycles. The van der Waals surface area contributed by atoms with Gasteiger partial charge in [0.25, 0.3) is 0 Å². The van der Waals surface area contributed by atoms with Gasteiger partial charge in [-0.3, -0.25) is 9.69 Å². The summed E-state index contributed by atoms with van der Waals surface area (Å²) in [7, 11) is 1.64. The van der Waals surface area contributed by atoms with Gasteiger partial charge < -0.3 is 14.2 Å². The molecule has 0 saturated carbocycles. The van der Waals surface area contributed by atoms with Crippen LogP contribution in [0.3, 0.4) is 0 Å². The standard InChI is InChI=1S/C28H30F2N4O2/c1-19-15-33(18-31-19)26-8-6-20(14-27(26)36-2)12-22-4-3-10-34(28(22)35)23-9-11-32(17-23)16-21-5-7-24(29)25(30)13-21/h5-8,12-15,18,23H,3-4,9-11,16-17H2,1-2H3/b22-12+/t23-/m1/s1. The molecule has 2 fully saturated rings. The Kier molecular flexibility index (Phi) is 6.87. The van der Waals surface area contributed by atoms with Gasteiger partial charge in [-0.15, -0.1) is 0 Å². The van der Waals surface area contributed by atoms with E-state index in [1.165, 1.54) is 12.1 Å². The van der Waals surface area contributed by atoms with E-state index >= 15 is 0 Å². The summed E-state index contributed by atoms with van der Waals surface area (Å²) in [5, 5.41) is 0. The Morgan fingerprint density at radius 2 is 2.00 bits per heavy atom. The van der Waals surface area contributed by atoms with Crippen molar-refractivity contribution in [1.82, 2.24) is 19.4 Å². The predicted molar refractivity (Wildman–Crippen MR) is 134 cm³/mol. The molecule has 0 radical (unpaired) electrons. The Balaban J connectivity index is 1.28. The second-order valence-corrected chi connectivity index (χ2v) is 9.55. The van der Waals surface area contributed by atoms with E-state index in [9.17, 15) is 13.6 Å². The van der Waals surface area contributed by atoms with E-state index in [1.807, 2.05) is 46.9 Å². The molecule has 0 bridgehead atoms.